The third kappa shape index (κ3) is 3.86. The van der Waals surface area contributed by atoms with Crippen molar-refractivity contribution < 1.29 is 28.1 Å². The van der Waals surface area contributed by atoms with Crippen LogP contribution in [0, 0.1) is 0 Å². The van der Waals surface area contributed by atoms with Gasteiger partial charge < -0.3 is 28.1 Å². The molecule has 0 amide bonds. The Bertz CT molecular complexity index is 1690. The fraction of sp³-hybridized carbons (Fsp3) is 0.351. The van der Waals surface area contributed by atoms with E-state index in [0.717, 1.165) is 56.2 Å². The van der Waals surface area contributed by atoms with Crippen molar-refractivity contribution >= 4 is 25.2 Å². The Morgan fingerprint density at radius 1 is 0.400 bits per heavy atom. The molecule has 0 bridgehead atoms. The summed E-state index contributed by atoms with van der Waals surface area (Å²) in [5, 5.41) is 0. The van der Waals surface area contributed by atoms with Crippen LogP contribution in [0.1, 0.15) is 77.6 Å². The number of hydrogen-bond donors (Lipinski definition) is 0. The summed E-state index contributed by atoms with van der Waals surface area (Å²) in [4.78, 5) is 0. The summed E-state index contributed by atoms with van der Waals surface area (Å²) >= 11 is 0. The van der Waals surface area contributed by atoms with Crippen LogP contribution in [0.25, 0.3) is 0 Å². The summed E-state index contributed by atoms with van der Waals surface area (Å²) < 4.78 is 40.5. The molecule has 4 aromatic rings. The highest BCUT2D eigenvalue weighted by Crippen LogP contribution is 2.61. The SMILES string of the molecule is CC1(C)OB(c2cccc3c2C2(c4ccccc4O3)c3ccccc3Oc3cccc(B4OC(C)(C)C(C)(C)O4)c32)OC1(C)C. The first kappa shape index (κ1) is 28.9. The fourth-order valence-corrected chi connectivity index (χ4v) is 7.18. The predicted octanol–water partition coefficient (Wildman–Crippen LogP) is 6.88. The molecule has 8 heteroatoms. The average molecular weight is 600 g/mol. The lowest BCUT2D eigenvalue weighted by Gasteiger charge is -2.46. The van der Waals surface area contributed by atoms with E-state index in [9.17, 15) is 0 Å². The molecule has 8 rings (SSSR count). The maximum absolute atomic E-state index is 6.76. The van der Waals surface area contributed by atoms with Crippen LogP contribution in [0.3, 0.4) is 0 Å². The third-order valence-electron chi connectivity index (χ3n) is 10.9. The van der Waals surface area contributed by atoms with Gasteiger partial charge in [-0.1, -0.05) is 60.7 Å². The van der Waals surface area contributed by atoms with Crippen molar-refractivity contribution in [2.75, 3.05) is 0 Å². The zero-order valence-electron chi connectivity index (χ0n) is 27.2. The highest BCUT2D eigenvalue weighted by atomic mass is 16.7. The van der Waals surface area contributed by atoms with Crippen LogP contribution < -0.4 is 20.4 Å². The van der Waals surface area contributed by atoms with Gasteiger partial charge in [0.2, 0.25) is 0 Å². The molecule has 0 aromatic heterocycles. The van der Waals surface area contributed by atoms with Gasteiger partial charge in [-0.2, -0.15) is 0 Å². The standard InChI is InChI=1S/C37H38B2O6/c1-33(2)34(3,4)43-38(42-33)25-17-13-21-29-31(25)37(23-15-9-11-19-27(23)40-29)24-16-10-12-20-28(24)41-30-22-14-18-26(32(30)37)39-44-35(5,6)36(7,8)45-39/h9-22H,1-8H3. The molecule has 0 radical (unpaired) electrons. The van der Waals surface area contributed by atoms with Gasteiger partial charge in [0.25, 0.3) is 0 Å². The number of fused-ring (bicyclic) bond motifs is 8. The second-order valence-corrected chi connectivity index (χ2v) is 14.6. The van der Waals surface area contributed by atoms with E-state index in [1.54, 1.807) is 0 Å². The molecule has 2 saturated heterocycles. The molecule has 228 valence electrons. The largest absolute Gasteiger partial charge is 0.495 e. The molecule has 0 N–H and O–H groups in total. The van der Waals surface area contributed by atoms with Gasteiger partial charge in [-0.25, -0.2) is 0 Å². The molecule has 1 spiro atoms. The van der Waals surface area contributed by atoms with Gasteiger partial charge in [-0.15, -0.1) is 0 Å². The predicted molar refractivity (Wildman–Crippen MR) is 176 cm³/mol. The number of para-hydroxylation sites is 2. The molecule has 0 unspecified atom stereocenters. The van der Waals surface area contributed by atoms with Crippen molar-refractivity contribution in [2.24, 2.45) is 0 Å². The summed E-state index contributed by atoms with van der Waals surface area (Å²) in [5.74, 6) is 3.05. The van der Waals surface area contributed by atoms with Gasteiger partial charge in [0.15, 0.2) is 0 Å². The van der Waals surface area contributed by atoms with E-state index in [-0.39, 0.29) is 0 Å². The van der Waals surface area contributed by atoms with Crippen LogP contribution in [-0.4, -0.2) is 36.6 Å². The van der Waals surface area contributed by atoms with Crippen LogP contribution >= 0.6 is 0 Å². The maximum atomic E-state index is 6.76. The minimum atomic E-state index is -0.880. The molecule has 2 fully saturated rings. The number of ether oxygens (including phenoxy) is 2. The molecule has 4 aromatic carbocycles. The Balaban J connectivity index is 1.49. The Labute approximate surface area is 266 Å². The van der Waals surface area contributed by atoms with Gasteiger partial charge >= 0.3 is 14.2 Å². The zero-order valence-corrected chi connectivity index (χ0v) is 27.2. The molecule has 6 nitrogen and oxygen atoms in total. The van der Waals surface area contributed by atoms with E-state index in [2.05, 4.69) is 91.8 Å². The average Bonchev–Trinajstić information content (AvgIpc) is 3.35. The van der Waals surface area contributed by atoms with E-state index in [1.165, 1.54) is 0 Å². The summed E-state index contributed by atoms with van der Waals surface area (Å²) in [6, 6.07) is 28.9. The number of benzene rings is 4. The van der Waals surface area contributed by atoms with E-state index in [4.69, 9.17) is 28.1 Å². The van der Waals surface area contributed by atoms with Crippen LogP contribution in [0.5, 0.6) is 23.0 Å². The van der Waals surface area contributed by atoms with Gasteiger partial charge in [0, 0.05) is 22.3 Å². The van der Waals surface area contributed by atoms with Crippen molar-refractivity contribution in [1.29, 1.82) is 0 Å². The molecule has 4 aliphatic heterocycles. The molecule has 4 heterocycles. The van der Waals surface area contributed by atoms with Crippen molar-refractivity contribution in [3.63, 3.8) is 0 Å². The van der Waals surface area contributed by atoms with Crippen molar-refractivity contribution in [3.8, 4) is 23.0 Å². The Hall–Kier alpha value is -3.55. The Morgan fingerprint density at radius 3 is 1.11 bits per heavy atom. The van der Waals surface area contributed by atoms with Gasteiger partial charge in [0.05, 0.1) is 27.8 Å². The van der Waals surface area contributed by atoms with Crippen LogP contribution in [0.2, 0.25) is 0 Å². The lowest BCUT2D eigenvalue weighted by Crippen LogP contribution is -2.50. The van der Waals surface area contributed by atoms with E-state index >= 15 is 0 Å². The van der Waals surface area contributed by atoms with E-state index in [0.29, 0.717) is 0 Å². The molecule has 0 saturated carbocycles. The summed E-state index contributed by atoms with van der Waals surface area (Å²) in [6.07, 6.45) is 0. The van der Waals surface area contributed by atoms with Crippen molar-refractivity contribution in [2.45, 2.75) is 83.2 Å². The molecule has 0 atom stereocenters. The molecule has 4 aliphatic rings. The monoisotopic (exact) mass is 600 g/mol. The summed E-state index contributed by atoms with van der Waals surface area (Å²) in [6.45, 7) is 16.7. The second kappa shape index (κ2) is 9.26. The first-order chi connectivity index (χ1) is 21.3. The first-order valence-corrected chi connectivity index (χ1v) is 15.8. The first-order valence-electron chi connectivity index (χ1n) is 15.8. The number of rotatable bonds is 2. The highest BCUT2D eigenvalue weighted by molar-refractivity contribution is 6.64. The molecular formula is C37H38B2O6. The zero-order chi connectivity index (χ0) is 31.6. The topological polar surface area (TPSA) is 55.4 Å². The normalized spacial score (nSPS) is 22.1. The maximum Gasteiger partial charge on any atom is 0.495 e. The van der Waals surface area contributed by atoms with Crippen molar-refractivity contribution in [3.05, 3.63) is 107 Å². The lowest BCUT2D eigenvalue weighted by molar-refractivity contribution is 0.00578. The van der Waals surface area contributed by atoms with Gasteiger partial charge in [0.1, 0.15) is 23.0 Å². The van der Waals surface area contributed by atoms with Gasteiger partial charge in [-0.05, 0) is 90.6 Å². The summed E-state index contributed by atoms with van der Waals surface area (Å²) in [7, 11) is -1.25. The fourth-order valence-electron chi connectivity index (χ4n) is 7.18. The van der Waals surface area contributed by atoms with Crippen molar-refractivity contribution in [1.82, 2.24) is 0 Å². The highest BCUT2D eigenvalue weighted by Gasteiger charge is 2.60. The third-order valence-corrected chi connectivity index (χ3v) is 10.9. The Kier molecular flexibility index (Phi) is 5.95. The van der Waals surface area contributed by atoms with Crippen LogP contribution in [-0.2, 0) is 24.0 Å². The molecular weight excluding hydrogens is 562 g/mol. The second-order valence-electron chi connectivity index (χ2n) is 14.6. The van der Waals surface area contributed by atoms with E-state index < -0.39 is 42.1 Å². The molecule has 0 aliphatic carbocycles. The van der Waals surface area contributed by atoms with Crippen LogP contribution in [0.4, 0.5) is 0 Å². The van der Waals surface area contributed by atoms with Crippen LogP contribution in [0.15, 0.2) is 84.9 Å². The lowest BCUT2D eigenvalue weighted by atomic mass is 9.54. The minimum Gasteiger partial charge on any atom is -0.457 e. The Morgan fingerprint density at radius 2 is 0.733 bits per heavy atom. The van der Waals surface area contributed by atoms with E-state index in [1.807, 2.05) is 48.5 Å². The minimum absolute atomic E-state index is 0.527. The molecule has 45 heavy (non-hydrogen) atoms. The summed E-state index contributed by atoms with van der Waals surface area (Å²) in [5.41, 5.74) is 2.76. The number of hydrogen-bond acceptors (Lipinski definition) is 6. The van der Waals surface area contributed by atoms with Gasteiger partial charge in [-0.3, -0.25) is 0 Å². The smallest absolute Gasteiger partial charge is 0.457 e. The quantitative estimate of drug-likeness (QED) is 0.202.